The van der Waals surface area contributed by atoms with Crippen LogP contribution in [-0.4, -0.2) is 56.0 Å². The lowest BCUT2D eigenvalue weighted by Crippen LogP contribution is -2.70. The number of benzene rings is 1. The summed E-state index contributed by atoms with van der Waals surface area (Å²) in [4.78, 5) is 48.9. The normalized spacial score (nSPS) is 23.0. The van der Waals surface area contributed by atoms with Crippen LogP contribution in [0, 0.1) is 0 Å². The molecule has 0 aromatic heterocycles. The Bertz CT molecular complexity index is 822. The van der Waals surface area contributed by atoms with E-state index in [9.17, 15) is 29.4 Å². The van der Waals surface area contributed by atoms with Gasteiger partial charge in [-0.05, 0) is 18.1 Å². The summed E-state index contributed by atoms with van der Waals surface area (Å²) >= 11 is 1.33. The highest BCUT2D eigenvalue weighted by Crippen LogP contribution is 2.40. The number of β-lactam (4-membered cyclic amide) rings is 1. The van der Waals surface area contributed by atoms with E-state index in [4.69, 9.17) is 0 Å². The molecule has 0 aliphatic carbocycles. The largest absolute Gasteiger partial charge is 0.480 e. The molecule has 26 heavy (non-hydrogen) atoms. The zero-order valence-corrected chi connectivity index (χ0v) is 14.5. The van der Waals surface area contributed by atoms with Crippen molar-refractivity contribution in [3.05, 3.63) is 47.2 Å². The number of thioether (sulfide) groups is 1. The minimum absolute atomic E-state index is 0.0675. The number of carbonyl (C=O) groups is 4. The van der Waals surface area contributed by atoms with Crippen LogP contribution in [0.5, 0.6) is 0 Å². The summed E-state index contributed by atoms with van der Waals surface area (Å²) in [7, 11) is 0. The van der Waals surface area contributed by atoms with Crippen molar-refractivity contribution < 1.29 is 29.4 Å². The van der Waals surface area contributed by atoms with E-state index >= 15 is 0 Å². The number of amides is 2. The van der Waals surface area contributed by atoms with Gasteiger partial charge in [0.2, 0.25) is 5.91 Å². The third kappa shape index (κ3) is 2.94. The molecule has 0 spiro atoms. The Morgan fingerprint density at radius 2 is 1.88 bits per heavy atom. The van der Waals surface area contributed by atoms with Crippen molar-refractivity contribution in [1.29, 1.82) is 0 Å². The standard InChI is InChI=1S/C17H16N2O6S/c1-8-7-26-15-11(14(21)19(15)12(8)17(24)25)18-13(20)10(16(22)23)9-5-3-2-4-6-9/h2-6,10-11,15H,7H2,1H3,(H,18,20)(H,22,23)(H,24,25)/t10?,11?,15-/m0/s1. The molecule has 2 amide bonds. The molecule has 8 nitrogen and oxygen atoms in total. The first-order chi connectivity index (χ1) is 12.3. The lowest BCUT2D eigenvalue weighted by molar-refractivity contribution is -0.152. The lowest BCUT2D eigenvalue weighted by Gasteiger charge is -2.49. The first-order valence-electron chi connectivity index (χ1n) is 7.78. The van der Waals surface area contributed by atoms with Crippen LogP contribution >= 0.6 is 11.8 Å². The van der Waals surface area contributed by atoms with Gasteiger partial charge in [-0.1, -0.05) is 30.3 Å². The Kier molecular flexibility index (Phi) is 4.73. The molecular weight excluding hydrogens is 360 g/mol. The van der Waals surface area contributed by atoms with Gasteiger partial charge in [0.05, 0.1) is 0 Å². The van der Waals surface area contributed by atoms with Gasteiger partial charge < -0.3 is 15.5 Å². The lowest BCUT2D eigenvalue weighted by atomic mass is 9.96. The van der Waals surface area contributed by atoms with Gasteiger partial charge in [-0.25, -0.2) is 4.79 Å². The fourth-order valence-corrected chi connectivity index (χ4v) is 4.36. The zero-order chi connectivity index (χ0) is 19.0. The number of rotatable bonds is 5. The second kappa shape index (κ2) is 6.83. The molecule has 3 rings (SSSR count). The molecular formula is C17H16N2O6S. The van der Waals surface area contributed by atoms with E-state index in [1.807, 2.05) is 0 Å². The predicted octanol–water partition coefficient (Wildman–Crippen LogP) is 0.613. The molecule has 1 aromatic rings. The molecule has 3 atom stereocenters. The topological polar surface area (TPSA) is 124 Å². The number of carbonyl (C=O) groups excluding carboxylic acids is 2. The van der Waals surface area contributed by atoms with Crippen molar-refractivity contribution in [2.75, 3.05) is 5.75 Å². The van der Waals surface area contributed by atoms with E-state index in [1.165, 1.54) is 23.9 Å². The second-order valence-corrected chi connectivity index (χ2v) is 7.12. The molecule has 1 aromatic carbocycles. The average Bonchev–Trinajstić information content (AvgIpc) is 2.60. The summed E-state index contributed by atoms with van der Waals surface area (Å²) in [6, 6.07) is 7.06. The summed E-state index contributed by atoms with van der Waals surface area (Å²) in [6.45, 7) is 1.64. The maximum Gasteiger partial charge on any atom is 0.352 e. The molecule has 0 saturated carbocycles. The van der Waals surface area contributed by atoms with Gasteiger partial charge in [0.1, 0.15) is 17.1 Å². The summed E-state index contributed by atoms with van der Waals surface area (Å²) in [5.74, 6) is -4.89. The van der Waals surface area contributed by atoms with Crippen LogP contribution in [0.15, 0.2) is 41.6 Å². The van der Waals surface area contributed by atoms with Crippen molar-refractivity contribution >= 4 is 35.5 Å². The van der Waals surface area contributed by atoms with Crippen molar-refractivity contribution in [3.8, 4) is 0 Å². The summed E-state index contributed by atoms with van der Waals surface area (Å²) < 4.78 is 0. The molecule has 0 radical (unpaired) electrons. The highest BCUT2D eigenvalue weighted by Gasteiger charge is 2.54. The third-order valence-electron chi connectivity index (χ3n) is 4.30. The van der Waals surface area contributed by atoms with Crippen LogP contribution in [0.3, 0.4) is 0 Å². The number of carboxylic acid groups (broad SMARTS) is 2. The van der Waals surface area contributed by atoms with E-state index in [0.717, 1.165) is 4.90 Å². The van der Waals surface area contributed by atoms with Gasteiger partial charge in [0, 0.05) is 5.75 Å². The van der Waals surface area contributed by atoms with E-state index in [-0.39, 0.29) is 5.70 Å². The van der Waals surface area contributed by atoms with Gasteiger partial charge in [0.25, 0.3) is 5.91 Å². The number of nitrogens with zero attached hydrogens (tertiary/aromatic N) is 1. The Balaban J connectivity index is 1.78. The Hall–Kier alpha value is -2.81. The monoisotopic (exact) mass is 376 g/mol. The number of hydrogen-bond donors (Lipinski definition) is 3. The van der Waals surface area contributed by atoms with Crippen LogP contribution in [0.25, 0.3) is 0 Å². The van der Waals surface area contributed by atoms with Crippen molar-refractivity contribution in [3.63, 3.8) is 0 Å². The number of nitrogens with one attached hydrogen (secondary N) is 1. The average molecular weight is 376 g/mol. The fraction of sp³-hybridized carbons (Fsp3) is 0.294. The molecule has 0 bridgehead atoms. The van der Waals surface area contributed by atoms with Gasteiger partial charge in [-0.2, -0.15) is 0 Å². The fourth-order valence-electron chi connectivity index (χ4n) is 3.06. The Labute approximate surface area is 152 Å². The minimum Gasteiger partial charge on any atom is -0.480 e. The predicted molar refractivity (Wildman–Crippen MR) is 92.2 cm³/mol. The van der Waals surface area contributed by atoms with Crippen molar-refractivity contribution in [2.45, 2.75) is 24.3 Å². The first kappa shape index (κ1) is 18.0. The van der Waals surface area contributed by atoms with E-state index in [1.54, 1.807) is 25.1 Å². The quantitative estimate of drug-likeness (QED) is 0.508. The van der Waals surface area contributed by atoms with Gasteiger partial charge >= 0.3 is 11.9 Å². The smallest absolute Gasteiger partial charge is 0.352 e. The van der Waals surface area contributed by atoms with Crippen molar-refractivity contribution in [1.82, 2.24) is 10.2 Å². The first-order valence-corrected chi connectivity index (χ1v) is 8.83. The molecule has 2 heterocycles. The summed E-state index contributed by atoms with van der Waals surface area (Å²) in [6.07, 6.45) is 0. The molecule has 9 heteroatoms. The van der Waals surface area contributed by atoms with Crippen LogP contribution in [-0.2, 0) is 19.2 Å². The number of carboxylic acids is 2. The van der Waals surface area contributed by atoms with E-state index in [0.29, 0.717) is 16.9 Å². The second-order valence-electron chi connectivity index (χ2n) is 6.01. The van der Waals surface area contributed by atoms with Crippen LogP contribution in [0.1, 0.15) is 18.4 Å². The van der Waals surface area contributed by atoms with Crippen molar-refractivity contribution in [2.24, 2.45) is 0 Å². The molecule has 136 valence electrons. The van der Waals surface area contributed by atoms with E-state index in [2.05, 4.69) is 5.32 Å². The van der Waals surface area contributed by atoms with Gasteiger partial charge in [-0.3, -0.25) is 19.3 Å². The van der Waals surface area contributed by atoms with Crippen LogP contribution < -0.4 is 5.32 Å². The highest BCUT2D eigenvalue weighted by atomic mass is 32.2. The maximum atomic E-state index is 12.5. The highest BCUT2D eigenvalue weighted by molar-refractivity contribution is 8.00. The number of hydrogen-bond acceptors (Lipinski definition) is 5. The summed E-state index contributed by atoms with van der Waals surface area (Å²) in [5, 5.41) is 20.6. The number of aliphatic carboxylic acids is 2. The van der Waals surface area contributed by atoms with Gasteiger partial charge in [0.15, 0.2) is 5.92 Å². The molecule has 3 N–H and O–H groups in total. The Morgan fingerprint density at radius 1 is 1.23 bits per heavy atom. The number of fused-ring (bicyclic) bond motifs is 1. The minimum atomic E-state index is -1.44. The third-order valence-corrected chi connectivity index (χ3v) is 5.73. The van der Waals surface area contributed by atoms with Gasteiger partial charge in [-0.15, -0.1) is 11.8 Å². The van der Waals surface area contributed by atoms with E-state index < -0.39 is 41.1 Å². The summed E-state index contributed by atoms with van der Waals surface area (Å²) in [5.41, 5.74) is 0.811. The van der Waals surface area contributed by atoms with Crippen LogP contribution in [0.4, 0.5) is 0 Å². The molecule has 1 saturated heterocycles. The Morgan fingerprint density at radius 3 is 2.46 bits per heavy atom. The molecule has 1 fully saturated rings. The van der Waals surface area contributed by atoms with Crippen LogP contribution in [0.2, 0.25) is 0 Å². The molecule has 2 aliphatic heterocycles. The zero-order valence-electron chi connectivity index (χ0n) is 13.7. The maximum absolute atomic E-state index is 12.5. The molecule has 2 unspecified atom stereocenters. The SMILES string of the molecule is CC1=C(C(=O)O)N2C(=O)C(NC(=O)C(C(=O)O)c3ccccc3)[C@@H]2SC1. The molecule has 2 aliphatic rings.